The van der Waals surface area contributed by atoms with Gasteiger partial charge in [0.05, 0.1) is 16.4 Å². The van der Waals surface area contributed by atoms with Gasteiger partial charge < -0.3 is 5.32 Å². The second-order valence-electron chi connectivity index (χ2n) is 8.22. The minimum Gasteiger partial charge on any atom is -0.350 e. The summed E-state index contributed by atoms with van der Waals surface area (Å²) in [5, 5.41) is 9.39. The minimum absolute atomic E-state index is 0.0215. The summed E-state index contributed by atoms with van der Waals surface area (Å²) >= 11 is 18.7. The van der Waals surface area contributed by atoms with Gasteiger partial charge in [0.15, 0.2) is 5.69 Å². The minimum atomic E-state index is -0.220. The Labute approximate surface area is 210 Å². The van der Waals surface area contributed by atoms with Crippen LogP contribution < -0.4 is 5.32 Å². The van der Waals surface area contributed by atoms with E-state index in [-0.39, 0.29) is 11.3 Å². The van der Waals surface area contributed by atoms with Gasteiger partial charge in [0.1, 0.15) is 0 Å². The lowest BCUT2D eigenvalue weighted by atomic mass is 9.79. The molecule has 7 heteroatoms. The molecule has 0 aliphatic carbocycles. The van der Waals surface area contributed by atoms with Crippen molar-refractivity contribution in [3.05, 3.63) is 81.4 Å². The summed E-state index contributed by atoms with van der Waals surface area (Å²) in [5.74, 6) is -0.220. The van der Waals surface area contributed by atoms with Gasteiger partial charge in [0.25, 0.3) is 5.91 Å². The monoisotopic (exact) mass is 503 g/mol. The van der Waals surface area contributed by atoms with Crippen molar-refractivity contribution in [1.82, 2.24) is 15.1 Å². The lowest BCUT2D eigenvalue weighted by molar-refractivity contribution is 0.0920. The molecule has 1 aromatic heterocycles. The van der Waals surface area contributed by atoms with Crippen molar-refractivity contribution < 1.29 is 4.79 Å². The molecule has 4 nitrogen and oxygen atoms in total. The summed E-state index contributed by atoms with van der Waals surface area (Å²) in [6.45, 7) is 10.6. The van der Waals surface area contributed by atoms with E-state index < -0.39 is 0 Å². The van der Waals surface area contributed by atoms with Crippen molar-refractivity contribution in [1.29, 1.82) is 0 Å². The quantitative estimate of drug-likeness (QED) is 0.301. The van der Waals surface area contributed by atoms with Crippen LogP contribution in [0.15, 0.2) is 55.1 Å². The molecule has 33 heavy (non-hydrogen) atoms. The number of aromatic nitrogens is 2. The van der Waals surface area contributed by atoms with Gasteiger partial charge in [0, 0.05) is 27.7 Å². The lowest BCUT2D eigenvalue weighted by Gasteiger charge is -2.30. The third kappa shape index (κ3) is 5.46. The topological polar surface area (TPSA) is 46.9 Å². The first kappa shape index (κ1) is 25.4. The van der Waals surface area contributed by atoms with Gasteiger partial charge in [-0.15, -0.1) is 6.58 Å². The standard InChI is InChI=1S/C26H28Cl3N3O/c1-5-14-26(6-2,7-3)16-30-25(33)23-17(4)24(18-8-10-19(27)11-9-18)32(31-23)22-13-12-20(28)15-21(22)29/h5,8-13,15H,1,6-7,14,16H2,2-4H3,(H,30,33). The maximum Gasteiger partial charge on any atom is 0.272 e. The molecule has 1 heterocycles. The van der Waals surface area contributed by atoms with Crippen LogP contribution in [0.5, 0.6) is 0 Å². The van der Waals surface area contributed by atoms with Crippen LogP contribution in [-0.4, -0.2) is 22.2 Å². The van der Waals surface area contributed by atoms with E-state index in [0.29, 0.717) is 33.0 Å². The van der Waals surface area contributed by atoms with Gasteiger partial charge in [-0.1, -0.05) is 66.9 Å². The number of nitrogens with zero attached hydrogens (tertiary/aromatic N) is 2. The Balaban J connectivity index is 2.07. The van der Waals surface area contributed by atoms with Gasteiger partial charge in [-0.25, -0.2) is 4.68 Å². The fourth-order valence-corrected chi connectivity index (χ4v) is 4.62. The van der Waals surface area contributed by atoms with Crippen LogP contribution in [0.2, 0.25) is 15.1 Å². The number of nitrogens with one attached hydrogen (secondary N) is 1. The van der Waals surface area contributed by atoms with E-state index in [4.69, 9.17) is 39.9 Å². The van der Waals surface area contributed by atoms with E-state index in [1.54, 1.807) is 22.9 Å². The highest BCUT2D eigenvalue weighted by Crippen LogP contribution is 2.34. The Kier molecular flexibility index (Phi) is 8.28. The van der Waals surface area contributed by atoms with E-state index in [9.17, 15) is 4.79 Å². The summed E-state index contributed by atoms with van der Waals surface area (Å²) in [6.07, 6.45) is 4.64. The number of rotatable bonds is 9. The normalized spacial score (nSPS) is 11.5. The molecule has 0 spiro atoms. The zero-order valence-electron chi connectivity index (χ0n) is 19.1. The van der Waals surface area contributed by atoms with Crippen LogP contribution in [0.3, 0.4) is 0 Å². The van der Waals surface area contributed by atoms with Crippen molar-refractivity contribution in [3.63, 3.8) is 0 Å². The predicted octanol–water partition coefficient (Wildman–Crippen LogP) is 7.92. The number of hydrogen-bond acceptors (Lipinski definition) is 2. The van der Waals surface area contributed by atoms with Crippen LogP contribution in [0.1, 0.15) is 49.2 Å². The zero-order valence-corrected chi connectivity index (χ0v) is 21.4. The van der Waals surface area contributed by atoms with Crippen molar-refractivity contribution in [2.24, 2.45) is 5.41 Å². The number of carbonyl (C=O) groups excluding carboxylic acids is 1. The summed E-state index contributed by atoms with van der Waals surface area (Å²) < 4.78 is 1.70. The van der Waals surface area contributed by atoms with Crippen LogP contribution >= 0.6 is 34.8 Å². The summed E-state index contributed by atoms with van der Waals surface area (Å²) in [6, 6.07) is 12.6. The maximum absolute atomic E-state index is 13.3. The Bertz CT molecular complexity index is 1150. The zero-order chi connectivity index (χ0) is 24.2. The number of carbonyl (C=O) groups is 1. The molecule has 0 saturated carbocycles. The van der Waals surface area contributed by atoms with Gasteiger partial charge in [-0.2, -0.15) is 5.10 Å². The first-order valence-electron chi connectivity index (χ1n) is 10.9. The number of halogens is 3. The highest BCUT2D eigenvalue weighted by molar-refractivity contribution is 6.35. The van der Waals surface area contributed by atoms with Crippen molar-refractivity contribution in [2.45, 2.75) is 40.0 Å². The first-order chi connectivity index (χ1) is 15.7. The molecule has 0 fully saturated rings. The molecular weight excluding hydrogens is 477 g/mol. The number of allylic oxidation sites excluding steroid dienone is 1. The first-order valence-corrected chi connectivity index (χ1v) is 12.1. The number of benzene rings is 2. The number of hydrogen-bond donors (Lipinski definition) is 1. The Morgan fingerprint density at radius 3 is 2.30 bits per heavy atom. The van der Waals surface area contributed by atoms with E-state index in [0.717, 1.165) is 36.1 Å². The molecule has 3 aromatic rings. The summed E-state index contributed by atoms with van der Waals surface area (Å²) in [7, 11) is 0. The van der Waals surface area contributed by atoms with Crippen LogP contribution in [0.4, 0.5) is 0 Å². The number of amides is 1. The van der Waals surface area contributed by atoms with Gasteiger partial charge in [-0.3, -0.25) is 4.79 Å². The summed E-state index contributed by atoms with van der Waals surface area (Å²) in [4.78, 5) is 13.3. The smallest absolute Gasteiger partial charge is 0.272 e. The van der Waals surface area contributed by atoms with Crippen LogP contribution in [0, 0.1) is 12.3 Å². The Morgan fingerprint density at radius 1 is 1.09 bits per heavy atom. The fraction of sp³-hybridized carbons (Fsp3) is 0.308. The molecule has 0 saturated heterocycles. The molecule has 1 N–H and O–H groups in total. The van der Waals surface area contributed by atoms with Gasteiger partial charge >= 0.3 is 0 Å². The van der Waals surface area contributed by atoms with Crippen LogP contribution in [-0.2, 0) is 0 Å². The second-order valence-corrected chi connectivity index (χ2v) is 9.50. The van der Waals surface area contributed by atoms with Gasteiger partial charge in [0.2, 0.25) is 0 Å². The highest BCUT2D eigenvalue weighted by atomic mass is 35.5. The second kappa shape index (κ2) is 10.8. The molecule has 174 valence electrons. The molecule has 2 aromatic carbocycles. The molecule has 0 atom stereocenters. The molecule has 0 bridgehead atoms. The molecule has 3 rings (SSSR count). The molecular formula is C26H28Cl3N3O. The molecule has 0 radical (unpaired) electrons. The highest BCUT2D eigenvalue weighted by Gasteiger charge is 2.28. The fourth-order valence-electron chi connectivity index (χ4n) is 4.00. The Morgan fingerprint density at radius 2 is 1.73 bits per heavy atom. The van der Waals surface area contributed by atoms with Crippen molar-refractivity contribution >= 4 is 40.7 Å². The largest absolute Gasteiger partial charge is 0.350 e. The average Bonchev–Trinajstić information content (AvgIpc) is 3.14. The predicted molar refractivity (Wildman–Crippen MR) is 139 cm³/mol. The van der Waals surface area contributed by atoms with E-state index in [2.05, 4.69) is 25.7 Å². The van der Waals surface area contributed by atoms with Crippen LogP contribution in [0.25, 0.3) is 16.9 Å². The molecule has 1 amide bonds. The van der Waals surface area contributed by atoms with E-state index >= 15 is 0 Å². The third-order valence-electron chi connectivity index (χ3n) is 6.29. The SMILES string of the molecule is C=CCC(CC)(CC)CNC(=O)c1nn(-c2ccc(Cl)cc2Cl)c(-c2ccc(Cl)cc2)c1C. The molecule has 0 aliphatic rings. The van der Waals surface area contributed by atoms with Crippen molar-refractivity contribution in [2.75, 3.05) is 6.54 Å². The maximum atomic E-state index is 13.3. The lowest BCUT2D eigenvalue weighted by Crippen LogP contribution is -2.37. The van der Waals surface area contributed by atoms with Crippen molar-refractivity contribution in [3.8, 4) is 16.9 Å². The average molecular weight is 505 g/mol. The Hall–Kier alpha value is -2.27. The van der Waals surface area contributed by atoms with Gasteiger partial charge in [-0.05, 0) is 61.9 Å². The summed E-state index contributed by atoms with van der Waals surface area (Å²) in [5.41, 5.74) is 3.36. The third-order valence-corrected chi connectivity index (χ3v) is 7.08. The molecule has 0 unspecified atom stereocenters. The van der Waals surface area contributed by atoms with E-state index in [1.165, 1.54) is 0 Å². The van der Waals surface area contributed by atoms with E-state index in [1.807, 2.05) is 37.3 Å². The molecule has 0 aliphatic heterocycles.